The van der Waals surface area contributed by atoms with Gasteiger partial charge in [0.2, 0.25) is 5.95 Å². The molecule has 2 aromatic heterocycles. The third-order valence-electron chi connectivity index (χ3n) is 4.58. The first-order chi connectivity index (χ1) is 9.69. The maximum Gasteiger partial charge on any atom is 0.225 e. The molecule has 20 heavy (non-hydrogen) atoms. The Kier molecular flexibility index (Phi) is 3.78. The minimum atomic E-state index is 0.515. The predicted octanol–water partition coefficient (Wildman–Crippen LogP) is 3.97. The third kappa shape index (κ3) is 2.46. The van der Waals surface area contributed by atoms with Crippen LogP contribution in [0.3, 0.4) is 0 Å². The monoisotopic (exact) mass is 290 g/mol. The first kappa shape index (κ1) is 13.6. The van der Waals surface area contributed by atoms with Crippen LogP contribution in [0.4, 0.5) is 11.8 Å². The average molecular weight is 290 g/mol. The van der Waals surface area contributed by atoms with E-state index < -0.39 is 0 Å². The topological polar surface area (TPSA) is 49.8 Å². The Bertz CT molecular complexity index is 595. The molecule has 1 saturated carbocycles. The van der Waals surface area contributed by atoms with Gasteiger partial charge in [-0.25, -0.2) is 4.98 Å². The summed E-state index contributed by atoms with van der Waals surface area (Å²) in [5, 5.41) is 9.95. The number of aromatic nitrogens is 2. The van der Waals surface area contributed by atoms with E-state index in [4.69, 9.17) is 0 Å². The van der Waals surface area contributed by atoms with E-state index in [0.29, 0.717) is 17.9 Å². The Morgan fingerprint density at radius 1 is 1.25 bits per heavy atom. The van der Waals surface area contributed by atoms with Crippen molar-refractivity contribution in [2.24, 2.45) is 11.8 Å². The second-order valence-corrected chi connectivity index (χ2v) is 6.70. The van der Waals surface area contributed by atoms with Crippen molar-refractivity contribution in [2.75, 3.05) is 17.7 Å². The molecule has 3 atom stereocenters. The van der Waals surface area contributed by atoms with Crippen LogP contribution in [-0.4, -0.2) is 23.1 Å². The van der Waals surface area contributed by atoms with Crippen molar-refractivity contribution in [3.63, 3.8) is 0 Å². The lowest BCUT2D eigenvalue weighted by Gasteiger charge is -2.35. The van der Waals surface area contributed by atoms with Gasteiger partial charge in [0, 0.05) is 13.1 Å². The minimum absolute atomic E-state index is 0.515. The Balaban J connectivity index is 1.91. The molecule has 0 aliphatic heterocycles. The standard InChI is InChI=1S/C15H22N4S/c1-9-5-4-6-12(10(9)2)17-13-11-7-8-20-14(11)19-15(16-3)18-13/h7-10,12H,4-6H2,1-3H3,(H2,16,17,18,19). The number of thiophene rings is 1. The molecule has 2 aromatic rings. The molecule has 1 fully saturated rings. The van der Waals surface area contributed by atoms with E-state index in [1.807, 2.05) is 7.05 Å². The molecule has 1 aliphatic rings. The van der Waals surface area contributed by atoms with E-state index in [1.165, 1.54) is 19.3 Å². The summed E-state index contributed by atoms with van der Waals surface area (Å²) in [4.78, 5) is 10.2. The van der Waals surface area contributed by atoms with Crippen molar-refractivity contribution >= 4 is 33.3 Å². The summed E-state index contributed by atoms with van der Waals surface area (Å²) < 4.78 is 0. The van der Waals surface area contributed by atoms with Crippen LogP contribution in [0.5, 0.6) is 0 Å². The van der Waals surface area contributed by atoms with Crippen LogP contribution < -0.4 is 10.6 Å². The van der Waals surface area contributed by atoms with Gasteiger partial charge in [0.15, 0.2) is 0 Å². The molecule has 3 unspecified atom stereocenters. The molecular weight excluding hydrogens is 268 g/mol. The Labute approximate surface area is 124 Å². The summed E-state index contributed by atoms with van der Waals surface area (Å²) in [5.41, 5.74) is 0. The highest BCUT2D eigenvalue weighted by Crippen LogP contribution is 2.33. The number of hydrogen-bond acceptors (Lipinski definition) is 5. The van der Waals surface area contributed by atoms with E-state index >= 15 is 0 Å². The fourth-order valence-corrected chi connectivity index (χ4v) is 3.80. The third-order valence-corrected chi connectivity index (χ3v) is 5.38. The normalized spacial score (nSPS) is 26.6. The maximum absolute atomic E-state index is 4.62. The molecule has 1 aliphatic carbocycles. The molecule has 0 amide bonds. The second kappa shape index (κ2) is 5.56. The van der Waals surface area contributed by atoms with Gasteiger partial charge in [0.25, 0.3) is 0 Å². The summed E-state index contributed by atoms with van der Waals surface area (Å²) in [6.07, 6.45) is 3.88. The maximum atomic E-state index is 4.62. The molecule has 2 N–H and O–H groups in total. The number of hydrogen-bond donors (Lipinski definition) is 2. The largest absolute Gasteiger partial charge is 0.366 e. The summed E-state index contributed by atoms with van der Waals surface area (Å²) in [5.74, 6) is 3.14. The zero-order valence-corrected chi connectivity index (χ0v) is 13.1. The zero-order valence-electron chi connectivity index (χ0n) is 12.3. The van der Waals surface area contributed by atoms with Gasteiger partial charge < -0.3 is 10.6 Å². The van der Waals surface area contributed by atoms with Gasteiger partial charge in [0.05, 0.1) is 5.39 Å². The van der Waals surface area contributed by atoms with Crippen LogP contribution in [-0.2, 0) is 0 Å². The fourth-order valence-electron chi connectivity index (χ4n) is 3.04. The van der Waals surface area contributed by atoms with Crippen LogP contribution in [0.1, 0.15) is 33.1 Å². The molecule has 0 aromatic carbocycles. The second-order valence-electron chi connectivity index (χ2n) is 5.80. The van der Waals surface area contributed by atoms with E-state index in [2.05, 4.69) is 45.9 Å². The minimum Gasteiger partial charge on any atom is -0.366 e. The van der Waals surface area contributed by atoms with Crippen molar-refractivity contribution in [2.45, 2.75) is 39.2 Å². The Morgan fingerprint density at radius 3 is 2.90 bits per heavy atom. The molecule has 5 heteroatoms. The smallest absolute Gasteiger partial charge is 0.225 e. The lowest BCUT2D eigenvalue weighted by molar-refractivity contribution is 0.253. The van der Waals surface area contributed by atoms with Crippen LogP contribution in [0.25, 0.3) is 10.2 Å². The van der Waals surface area contributed by atoms with Gasteiger partial charge in [0.1, 0.15) is 10.6 Å². The van der Waals surface area contributed by atoms with Gasteiger partial charge >= 0.3 is 0 Å². The molecule has 3 rings (SSSR count). The zero-order chi connectivity index (χ0) is 14.1. The molecular formula is C15H22N4S. The highest BCUT2D eigenvalue weighted by molar-refractivity contribution is 7.16. The van der Waals surface area contributed by atoms with Crippen molar-refractivity contribution in [1.82, 2.24) is 9.97 Å². The van der Waals surface area contributed by atoms with Gasteiger partial charge in [-0.2, -0.15) is 4.98 Å². The molecule has 2 heterocycles. The molecule has 108 valence electrons. The summed E-state index contributed by atoms with van der Waals surface area (Å²) in [7, 11) is 1.86. The molecule has 0 bridgehead atoms. The van der Waals surface area contributed by atoms with Gasteiger partial charge in [-0.05, 0) is 29.7 Å². The van der Waals surface area contributed by atoms with E-state index in [0.717, 1.165) is 22.0 Å². The van der Waals surface area contributed by atoms with Crippen molar-refractivity contribution in [1.29, 1.82) is 0 Å². The van der Waals surface area contributed by atoms with Gasteiger partial charge in [-0.15, -0.1) is 11.3 Å². The van der Waals surface area contributed by atoms with E-state index in [-0.39, 0.29) is 0 Å². The van der Waals surface area contributed by atoms with Gasteiger partial charge in [-0.1, -0.05) is 26.7 Å². The van der Waals surface area contributed by atoms with Crippen LogP contribution in [0, 0.1) is 11.8 Å². The summed E-state index contributed by atoms with van der Waals surface area (Å²) >= 11 is 1.66. The van der Waals surface area contributed by atoms with Crippen molar-refractivity contribution in [3.05, 3.63) is 11.4 Å². The number of rotatable bonds is 3. The number of nitrogens with zero attached hydrogens (tertiary/aromatic N) is 2. The first-order valence-corrected chi connectivity index (χ1v) is 8.26. The number of anilines is 2. The van der Waals surface area contributed by atoms with Crippen LogP contribution >= 0.6 is 11.3 Å². The Hall–Kier alpha value is -1.36. The summed E-state index contributed by atoms with van der Waals surface area (Å²) in [6.45, 7) is 4.71. The van der Waals surface area contributed by atoms with Crippen molar-refractivity contribution < 1.29 is 0 Å². The first-order valence-electron chi connectivity index (χ1n) is 7.38. The highest BCUT2D eigenvalue weighted by Gasteiger charge is 2.27. The van der Waals surface area contributed by atoms with E-state index in [1.54, 1.807) is 11.3 Å². The quantitative estimate of drug-likeness (QED) is 0.898. The lowest BCUT2D eigenvalue weighted by Crippen LogP contribution is -2.35. The lowest BCUT2D eigenvalue weighted by atomic mass is 9.78. The average Bonchev–Trinajstić information content (AvgIpc) is 2.92. The number of nitrogens with one attached hydrogen (secondary N) is 2. The Morgan fingerprint density at radius 2 is 2.10 bits per heavy atom. The SMILES string of the molecule is CNc1nc(NC2CCCC(C)C2C)c2ccsc2n1. The van der Waals surface area contributed by atoms with Crippen LogP contribution in [0.2, 0.25) is 0 Å². The molecule has 4 nitrogen and oxygen atoms in total. The predicted molar refractivity (Wildman–Crippen MR) is 86.6 cm³/mol. The van der Waals surface area contributed by atoms with Crippen molar-refractivity contribution in [3.8, 4) is 0 Å². The fraction of sp³-hybridized carbons (Fsp3) is 0.600. The summed E-state index contributed by atoms with van der Waals surface area (Å²) in [6, 6.07) is 2.63. The highest BCUT2D eigenvalue weighted by atomic mass is 32.1. The van der Waals surface area contributed by atoms with Crippen LogP contribution in [0.15, 0.2) is 11.4 Å². The number of fused-ring (bicyclic) bond motifs is 1. The molecule has 0 saturated heterocycles. The molecule has 0 radical (unpaired) electrons. The molecule has 0 spiro atoms. The van der Waals surface area contributed by atoms with E-state index in [9.17, 15) is 0 Å². The van der Waals surface area contributed by atoms with Gasteiger partial charge in [-0.3, -0.25) is 0 Å².